The second-order valence-corrected chi connectivity index (χ2v) is 5.13. The van der Waals surface area contributed by atoms with Gasteiger partial charge in [-0.25, -0.2) is 9.97 Å². The number of carbonyl (C=O) groups is 2. The van der Waals surface area contributed by atoms with Crippen LogP contribution in [0.1, 0.15) is 0 Å². The number of nitrogens with one attached hydrogen (secondary N) is 2. The lowest BCUT2D eigenvalue weighted by atomic mass is 10.2. The highest BCUT2D eigenvalue weighted by atomic mass is 16.4. The van der Waals surface area contributed by atoms with Gasteiger partial charge in [0, 0.05) is 11.4 Å². The van der Waals surface area contributed by atoms with E-state index in [1.165, 1.54) is 0 Å². The Morgan fingerprint density at radius 2 is 1.17 bits per heavy atom. The summed E-state index contributed by atoms with van der Waals surface area (Å²) in [4.78, 5) is 30.2. The molecule has 0 saturated heterocycles. The third-order valence-electron chi connectivity index (χ3n) is 3.32. The summed E-state index contributed by atoms with van der Waals surface area (Å²) >= 11 is 0. The fourth-order valence-corrected chi connectivity index (χ4v) is 2.25. The van der Waals surface area contributed by atoms with Crippen molar-refractivity contribution in [1.82, 2.24) is 9.97 Å². The number of aliphatic carboxylic acids is 2. The molecule has 0 aliphatic heterocycles. The van der Waals surface area contributed by atoms with Crippen LogP contribution in [0.3, 0.4) is 0 Å². The Morgan fingerprint density at radius 1 is 0.750 bits per heavy atom. The van der Waals surface area contributed by atoms with Gasteiger partial charge in [-0.05, 0) is 36.4 Å². The van der Waals surface area contributed by atoms with E-state index in [0.29, 0.717) is 33.4 Å². The fraction of sp³-hybridized carbons (Fsp3) is 0.125. The molecule has 8 heteroatoms. The van der Waals surface area contributed by atoms with Crippen LogP contribution in [0.4, 0.5) is 11.4 Å². The quantitative estimate of drug-likeness (QED) is 0.505. The Morgan fingerprint density at radius 3 is 1.54 bits per heavy atom. The van der Waals surface area contributed by atoms with Gasteiger partial charge >= 0.3 is 11.9 Å². The van der Waals surface area contributed by atoms with Crippen LogP contribution in [0.2, 0.25) is 0 Å². The third-order valence-corrected chi connectivity index (χ3v) is 3.32. The molecule has 0 aliphatic carbocycles. The van der Waals surface area contributed by atoms with Gasteiger partial charge < -0.3 is 20.8 Å². The van der Waals surface area contributed by atoms with Crippen LogP contribution in [0.15, 0.2) is 36.4 Å². The SMILES string of the molecule is O=C(O)CNc1ccc2nc3cc(NCC(=O)O)ccc3nc2c1. The molecule has 0 fully saturated rings. The van der Waals surface area contributed by atoms with Crippen molar-refractivity contribution in [3.8, 4) is 0 Å². The maximum Gasteiger partial charge on any atom is 0.322 e. The summed E-state index contributed by atoms with van der Waals surface area (Å²) in [5, 5.41) is 23.0. The molecular weight excluding hydrogens is 312 g/mol. The summed E-state index contributed by atoms with van der Waals surface area (Å²) in [6.07, 6.45) is 0. The summed E-state index contributed by atoms with van der Waals surface area (Å²) in [6, 6.07) is 10.5. The average molecular weight is 326 g/mol. The first kappa shape index (κ1) is 15.5. The molecule has 0 atom stereocenters. The molecular formula is C16H14N4O4. The van der Waals surface area contributed by atoms with E-state index in [-0.39, 0.29) is 13.1 Å². The van der Waals surface area contributed by atoms with Crippen molar-refractivity contribution in [2.45, 2.75) is 0 Å². The Bertz CT molecular complexity index is 864. The topological polar surface area (TPSA) is 124 Å². The maximum absolute atomic E-state index is 10.6. The number of benzene rings is 2. The molecule has 0 saturated carbocycles. The van der Waals surface area contributed by atoms with Crippen LogP contribution >= 0.6 is 0 Å². The Kier molecular flexibility index (Phi) is 4.11. The highest BCUT2D eigenvalue weighted by molar-refractivity contribution is 5.90. The van der Waals surface area contributed by atoms with Gasteiger partial charge in [-0.1, -0.05) is 0 Å². The van der Waals surface area contributed by atoms with Gasteiger partial charge in [-0.3, -0.25) is 9.59 Å². The van der Waals surface area contributed by atoms with Crippen molar-refractivity contribution in [3.05, 3.63) is 36.4 Å². The number of carboxylic acids is 2. The van der Waals surface area contributed by atoms with E-state index < -0.39 is 11.9 Å². The van der Waals surface area contributed by atoms with Gasteiger partial charge in [0.25, 0.3) is 0 Å². The second kappa shape index (κ2) is 6.37. The van der Waals surface area contributed by atoms with E-state index in [2.05, 4.69) is 20.6 Å². The van der Waals surface area contributed by atoms with Crippen molar-refractivity contribution < 1.29 is 19.8 Å². The van der Waals surface area contributed by atoms with E-state index in [0.717, 1.165) is 0 Å². The molecule has 122 valence electrons. The number of aromatic nitrogens is 2. The molecule has 0 radical (unpaired) electrons. The number of anilines is 2. The lowest BCUT2D eigenvalue weighted by Gasteiger charge is -2.07. The van der Waals surface area contributed by atoms with Gasteiger partial charge in [0.15, 0.2) is 0 Å². The van der Waals surface area contributed by atoms with Crippen molar-refractivity contribution in [2.24, 2.45) is 0 Å². The van der Waals surface area contributed by atoms with Crippen molar-refractivity contribution in [3.63, 3.8) is 0 Å². The minimum Gasteiger partial charge on any atom is -0.480 e. The van der Waals surface area contributed by atoms with Crippen LogP contribution in [-0.2, 0) is 9.59 Å². The van der Waals surface area contributed by atoms with Crippen LogP contribution < -0.4 is 10.6 Å². The predicted molar refractivity (Wildman–Crippen MR) is 89.3 cm³/mol. The second-order valence-electron chi connectivity index (χ2n) is 5.13. The maximum atomic E-state index is 10.6. The molecule has 4 N–H and O–H groups in total. The molecule has 1 aromatic heterocycles. The Labute approximate surface area is 136 Å². The van der Waals surface area contributed by atoms with Gasteiger partial charge in [0.1, 0.15) is 13.1 Å². The molecule has 1 heterocycles. The molecule has 3 rings (SSSR count). The summed E-state index contributed by atoms with van der Waals surface area (Å²) in [6.45, 7) is -0.351. The number of hydrogen-bond acceptors (Lipinski definition) is 6. The Balaban J connectivity index is 1.93. The van der Waals surface area contributed by atoms with Gasteiger partial charge in [0.2, 0.25) is 0 Å². The molecule has 0 unspecified atom stereocenters. The largest absolute Gasteiger partial charge is 0.480 e. The lowest BCUT2D eigenvalue weighted by Crippen LogP contribution is -2.12. The molecule has 0 amide bonds. The molecule has 8 nitrogen and oxygen atoms in total. The van der Waals surface area contributed by atoms with Crippen molar-refractivity contribution >= 4 is 45.4 Å². The van der Waals surface area contributed by atoms with Gasteiger partial charge in [-0.2, -0.15) is 0 Å². The number of hydrogen-bond donors (Lipinski definition) is 4. The number of rotatable bonds is 6. The Hall–Kier alpha value is -3.42. The van der Waals surface area contributed by atoms with Gasteiger partial charge in [0.05, 0.1) is 22.1 Å². The van der Waals surface area contributed by atoms with Crippen LogP contribution in [0.5, 0.6) is 0 Å². The number of fused-ring (bicyclic) bond motifs is 2. The van der Waals surface area contributed by atoms with E-state index in [1.54, 1.807) is 36.4 Å². The highest BCUT2D eigenvalue weighted by Gasteiger charge is 2.05. The first-order valence-corrected chi connectivity index (χ1v) is 7.14. The molecule has 0 aliphatic rings. The summed E-state index contributed by atoms with van der Waals surface area (Å²) in [5.74, 6) is -1.89. The normalized spacial score (nSPS) is 10.7. The lowest BCUT2D eigenvalue weighted by molar-refractivity contribution is -0.135. The summed E-state index contributed by atoms with van der Waals surface area (Å²) in [5.41, 5.74) is 3.92. The van der Waals surface area contributed by atoms with Gasteiger partial charge in [-0.15, -0.1) is 0 Å². The summed E-state index contributed by atoms with van der Waals surface area (Å²) < 4.78 is 0. The van der Waals surface area contributed by atoms with E-state index in [1.807, 2.05) is 0 Å². The monoisotopic (exact) mass is 326 g/mol. The zero-order valence-electron chi connectivity index (χ0n) is 12.5. The molecule has 2 aromatic carbocycles. The molecule has 3 aromatic rings. The number of nitrogens with zero attached hydrogens (tertiary/aromatic N) is 2. The highest BCUT2D eigenvalue weighted by Crippen LogP contribution is 2.22. The zero-order chi connectivity index (χ0) is 17.1. The van der Waals surface area contributed by atoms with Crippen molar-refractivity contribution in [2.75, 3.05) is 23.7 Å². The van der Waals surface area contributed by atoms with E-state index in [4.69, 9.17) is 10.2 Å². The first-order valence-electron chi connectivity index (χ1n) is 7.14. The fourth-order valence-electron chi connectivity index (χ4n) is 2.25. The standard InChI is InChI=1S/C16H14N4O4/c21-15(22)7-17-9-1-3-11-13(5-9)20-12-4-2-10(6-14(12)19-11)18-8-16(23)24/h1-6,17-18H,7-8H2,(H,21,22)(H,23,24). The molecule has 24 heavy (non-hydrogen) atoms. The first-order chi connectivity index (χ1) is 11.5. The minimum absolute atomic E-state index is 0.175. The van der Waals surface area contributed by atoms with Crippen LogP contribution in [0.25, 0.3) is 22.1 Å². The smallest absolute Gasteiger partial charge is 0.322 e. The third kappa shape index (κ3) is 3.49. The molecule has 0 bridgehead atoms. The summed E-state index contributed by atoms with van der Waals surface area (Å²) in [7, 11) is 0. The van der Waals surface area contributed by atoms with Crippen LogP contribution in [-0.4, -0.2) is 45.2 Å². The average Bonchev–Trinajstić information content (AvgIpc) is 2.56. The van der Waals surface area contributed by atoms with E-state index in [9.17, 15) is 9.59 Å². The predicted octanol–water partition coefficient (Wildman–Crippen LogP) is 1.78. The van der Waals surface area contributed by atoms with Crippen LogP contribution in [0, 0.1) is 0 Å². The van der Waals surface area contributed by atoms with E-state index >= 15 is 0 Å². The van der Waals surface area contributed by atoms with Crippen molar-refractivity contribution in [1.29, 1.82) is 0 Å². The zero-order valence-corrected chi connectivity index (χ0v) is 12.5. The minimum atomic E-state index is -0.943. The molecule has 0 spiro atoms. The number of carboxylic acid groups (broad SMARTS) is 2.